The fourth-order valence-electron chi connectivity index (χ4n) is 8.22. The van der Waals surface area contributed by atoms with Gasteiger partial charge in [0.15, 0.2) is 5.66 Å². The molecule has 3 heterocycles. The number of para-hydroxylation sites is 1. The molecule has 5 rings (SSSR count). The Morgan fingerprint density at radius 2 is 1.83 bits per heavy atom. The Labute approximate surface area is 290 Å². The number of rotatable bonds is 11. The first kappa shape index (κ1) is 35.0. The molecule has 2 unspecified atom stereocenters. The molecule has 3 amide bonds. The van der Waals surface area contributed by atoms with Gasteiger partial charge in [0.05, 0.1) is 13.0 Å². The Balaban J connectivity index is 1.49. The largest absolute Gasteiger partial charge is 0.515 e. The summed E-state index contributed by atoms with van der Waals surface area (Å²) in [5.74, 6) is 0.563. The molecule has 3 aliphatic rings. The minimum Gasteiger partial charge on any atom is -0.435 e. The summed E-state index contributed by atoms with van der Waals surface area (Å²) in [7, 11) is 0. The number of anilines is 1. The van der Waals surface area contributed by atoms with Gasteiger partial charge in [0.2, 0.25) is 0 Å². The molecule has 2 saturated heterocycles. The van der Waals surface area contributed by atoms with Crippen LogP contribution in [0.3, 0.4) is 0 Å². The lowest BCUT2D eigenvalue weighted by molar-refractivity contribution is -0.942. The smallest absolute Gasteiger partial charge is 0.435 e. The lowest BCUT2D eigenvalue weighted by Crippen LogP contribution is -2.78. The van der Waals surface area contributed by atoms with Crippen molar-refractivity contribution in [1.29, 1.82) is 0 Å². The summed E-state index contributed by atoms with van der Waals surface area (Å²) in [4.78, 5) is 46.8. The van der Waals surface area contributed by atoms with Gasteiger partial charge in [-0.25, -0.2) is 9.28 Å². The molecule has 2 aromatic rings. The fourth-order valence-corrected chi connectivity index (χ4v) is 8.89. The highest BCUT2D eigenvalue weighted by Crippen LogP contribution is 2.46. The summed E-state index contributed by atoms with van der Waals surface area (Å²) >= 11 is 7.16. The van der Waals surface area contributed by atoms with Gasteiger partial charge in [-0.05, 0) is 107 Å². The van der Waals surface area contributed by atoms with Gasteiger partial charge in [-0.3, -0.25) is 4.90 Å². The summed E-state index contributed by atoms with van der Waals surface area (Å²) < 4.78 is 1.51. The SMILES string of the molecule is CCN(CC)CCC1CCN(C2(CC=O)CC(N3CCc4ccccc4NC3=O)CC[N@+]2(Cc2ccc(Br)c(Br)c2)C(=O)O)CC1. The molecule has 0 aromatic heterocycles. The number of hydrogen-bond donors (Lipinski definition) is 2. The van der Waals surface area contributed by atoms with Crippen molar-refractivity contribution in [2.75, 3.05) is 51.1 Å². The molecule has 3 atom stereocenters. The third kappa shape index (κ3) is 7.09. The van der Waals surface area contributed by atoms with Gasteiger partial charge in [0.25, 0.3) is 0 Å². The number of amides is 3. The highest BCUT2D eigenvalue weighted by molar-refractivity contribution is 9.13. The maximum atomic E-state index is 13.7. The molecule has 0 radical (unpaired) electrons. The Hall–Kier alpha value is -2.31. The van der Waals surface area contributed by atoms with Crippen LogP contribution in [0.4, 0.5) is 15.3 Å². The average Bonchev–Trinajstić information content (AvgIpc) is 3.22. The van der Waals surface area contributed by atoms with Crippen molar-refractivity contribution in [3.8, 4) is 0 Å². The van der Waals surface area contributed by atoms with Crippen molar-refractivity contribution in [3.05, 3.63) is 62.5 Å². The Morgan fingerprint density at radius 1 is 1.09 bits per heavy atom. The number of likely N-dealkylation sites (tertiary alicyclic amines) is 2. The standard InChI is InChI=1S/C35H47Br2N5O4/c1-3-39(4-2)17-11-26-12-18-40(19-13-26)35(16-22-43)24-29(41-20-14-28-7-5-6-8-32(28)38-33(41)44)15-21-42(35,34(45)46)25-27-9-10-30(36)31(37)23-27/h5-10,22-23,26,29H,3-4,11-21,24-25H2,1-2H3,(H-,38,44,45,46)/p+1/t29?,35?,42-/m0/s1. The number of carboxylic acid groups (broad SMARTS) is 1. The molecule has 46 heavy (non-hydrogen) atoms. The molecule has 0 bridgehead atoms. The van der Waals surface area contributed by atoms with Crippen molar-refractivity contribution in [1.82, 2.24) is 14.7 Å². The van der Waals surface area contributed by atoms with E-state index in [4.69, 9.17) is 0 Å². The van der Waals surface area contributed by atoms with Crippen LogP contribution in [-0.2, 0) is 17.8 Å². The number of piperidine rings is 2. The maximum Gasteiger partial charge on any atom is 0.515 e. The minimum atomic E-state index is -1.00. The highest BCUT2D eigenvalue weighted by atomic mass is 79.9. The monoisotopic (exact) mass is 760 g/mol. The number of halogens is 2. The summed E-state index contributed by atoms with van der Waals surface area (Å²) in [6.07, 6.45) is 4.82. The number of benzene rings is 2. The van der Waals surface area contributed by atoms with Gasteiger partial charge >= 0.3 is 12.1 Å². The van der Waals surface area contributed by atoms with Crippen LogP contribution in [0.25, 0.3) is 0 Å². The van der Waals surface area contributed by atoms with Crippen LogP contribution in [0.15, 0.2) is 51.4 Å². The van der Waals surface area contributed by atoms with Gasteiger partial charge in [-0.15, -0.1) is 0 Å². The number of urea groups is 1. The van der Waals surface area contributed by atoms with E-state index in [1.54, 1.807) is 0 Å². The highest BCUT2D eigenvalue weighted by Gasteiger charge is 2.63. The number of carbonyl (C=O) groups excluding carboxylic acids is 2. The maximum absolute atomic E-state index is 13.7. The van der Waals surface area contributed by atoms with E-state index in [0.29, 0.717) is 31.8 Å². The summed E-state index contributed by atoms with van der Waals surface area (Å²) in [6, 6.07) is 13.4. The molecule has 2 fully saturated rings. The molecule has 3 aliphatic heterocycles. The molecule has 9 nitrogen and oxygen atoms in total. The zero-order valence-electron chi connectivity index (χ0n) is 27.1. The normalized spacial score (nSPS) is 26.0. The Bertz CT molecular complexity index is 1400. The first-order valence-electron chi connectivity index (χ1n) is 16.8. The lowest BCUT2D eigenvalue weighted by Gasteiger charge is -2.59. The second-order valence-corrected chi connectivity index (χ2v) is 14.9. The molecule has 0 aliphatic carbocycles. The summed E-state index contributed by atoms with van der Waals surface area (Å²) in [6.45, 7) is 10.1. The van der Waals surface area contributed by atoms with E-state index < -0.39 is 11.8 Å². The first-order valence-corrected chi connectivity index (χ1v) is 18.4. The molecule has 2 N–H and O–H groups in total. The lowest BCUT2D eigenvalue weighted by atomic mass is 9.80. The number of aldehydes is 1. The van der Waals surface area contributed by atoms with Gasteiger partial charge in [0.1, 0.15) is 12.8 Å². The van der Waals surface area contributed by atoms with Crippen molar-refractivity contribution in [3.63, 3.8) is 0 Å². The van der Waals surface area contributed by atoms with Crippen LogP contribution >= 0.6 is 31.9 Å². The van der Waals surface area contributed by atoms with Crippen LogP contribution in [0.5, 0.6) is 0 Å². The Morgan fingerprint density at radius 3 is 2.50 bits per heavy atom. The number of carbonyl (C=O) groups is 3. The van der Waals surface area contributed by atoms with E-state index in [2.05, 4.69) is 60.8 Å². The number of hydrogen-bond acceptors (Lipinski definition) is 5. The van der Waals surface area contributed by atoms with E-state index in [9.17, 15) is 19.5 Å². The second-order valence-electron chi connectivity index (χ2n) is 13.2. The number of fused-ring (bicyclic) bond motifs is 1. The fraction of sp³-hybridized carbons (Fsp3) is 0.571. The molecular weight excluding hydrogens is 714 g/mol. The number of nitrogens with zero attached hydrogens (tertiary/aromatic N) is 4. The van der Waals surface area contributed by atoms with Crippen LogP contribution in [-0.4, -0.2) is 100 Å². The van der Waals surface area contributed by atoms with Crippen molar-refractivity contribution in [2.24, 2.45) is 5.92 Å². The number of quaternary nitrogens is 1. The quantitative estimate of drug-likeness (QED) is 0.186. The number of nitrogens with one attached hydrogen (secondary N) is 1. The molecule has 250 valence electrons. The summed E-state index contributed by atoms with van der Waals surface area (Å²) in [5.41, 5.74) is 1.81. The molecule has 0 spiro atoms. The zero-order valence-corrected chi connectivity index (χ0v) is 30.3. The molecule has 0 saturated carbocycles. The third-order valence-electron chi connectivity index (χ3n) is 11.0. The van der Waals surface area contributed by atoms with Gasteiger partial charge in [0, 0.05) is 58.7 Å². The average molecular weight is 763 g/mol. The van der Waals surface area contributed by atoms with E-state index in [-0.39, 0.29) is 29.5 Å². The molecule has 2 aromatic carbocycles. The van der Waals surface area contributed by atoms with Crippen molar-refractivity contribution < 1.29 is 24.0 Å². The predicted molar refractivity (Wildman–Crippen MR) is 188 cm³/mol. The van der Waals surface area contributed by atoms with Crippen molar-refractivity contribution in [2.45, 2.75) is 77.0 Å². The molecule has 11 heteroatoms. The second kappa shape index (κ2) is 15.3. The van der Waals surface area contributed by atoms with Crippen LogP contribution < -0.4 is 5.32 Å². The van der Waals surface area contributed by atoms with Crippen LogP contribution in [0, 0.1) is 5.92 Å². The van der Waals surface area contributed by atoms with Gasteiger partial charge < -0.3 is 25.0 Å². The first-order chi connectivity index (χ1) is 22.2. The predicted octanol–water partition coefficient (Wildman–Crippen LogP) is 7.19. The van der Waals surface area contributed by atoms with Crippen LogP contribution in [0.1, 0.15) is 63.5 Å². The van der Waals surface area contributed by atoms with E-state index in [1.165, 1.54) is 0 Å². The zero-order chi connectivity index (χ0) is 32.9. The van der Waals surface area contributed by atoms with E-state index in [1.807, 2.05) is 47.4 Å². The minimum absolute atomic E-state index is 0.0906. The Kier molecular flexibility index (Phi) is 11.6. The van der Waals surface area contributed by atoms with Gasteiger partial charge in [-0.2, -0.15) is 4.79 Å². The van der Waals surface area contributed by atoms with E-state index in [0.717, 1.165) is 90.5 Å². The third-order valence-corrected chi connectivity index (χ3v) is 12.8. The van der Waals surface area contributed by atoms with E-state index >= 15 is 0 Å². The van der Waals surface area contributed by atoms with Crippen molar-refractivity contribution >= 4 is 56.0 Å². The molecular formula is C35H48Br2N5O4+. The topological polar surface area (TPSA) is 93.2 Å². The summed E-state index contributed by atoms with van der Waals surface area (Å²) in [5, 5.41) is 14.4. The van der Waals surface area contributed by atoms with Crippen LogP contribution in [0.2, 0.25) is 0 Å². The van der Waals surface area contributed by atoms with Gasteiger partial charge in [-0.1, -0.05) is 38.1 Å².